The lowest BCUT2D eigenvalue weighted by Gasteiger charge is -2.31. The Hall–Kier alpha value is -4.88. The van der Waals surface area contributed by atoms with Gasteiger partial charge in [0, 0.05) is 35.3 Å². The molecule has 1 saturated heterocycles. The number of hydrogen-bond acceptors (Lipinski definition) is 7. The first kappa shape index (κ1) is 33.6. The van der Waals surface area contributed by atoms with Crippen LogP contribution in [0.3, 0.4) is 0 Å². The zero-order valence-electron chi connectivity index (χ0n) is 26.9. The smallest absolute Gasteiger partial charge is 0.372 e. The summed E-state index contributed by atoms with van der Waals surface area (Å²) in [6.45, 7) is 5.21. The summed E-state index contributed by atoms with van der Waals surface area (Å²) in [6, 6.07) is 25.1. The maximum Gasteiger partial charge on any atom is 0.418 e. The Kier molecular flexibility index (Phi) is 8.81. The van der Waals surface area contributed by atoms with Gasteiger partial charge in [-0.3, -0.25) is 23.7 Å². The van der Waals surface area contributed by atoms with Crippen LogP contribution in [-0.4, -0.2) is 40.6 Å². The zero-order chi connectivity index (χ0) is 35.3. The molecule has 5 aromatic rings. The van der Waals surface area contributed by atoms with Gasteiger partial charge in [-0.1, -0.05) is 77.7 Å². The molecular formula is C37H31F3N4O4S2. The average molecular weight is 717 g/mol. The number of halogens is 3. The second-order valence-electron chi connectivity index (χ2n) is 12.1. The van der Waals surface area contributed by atoms with Crippen LogP contribution in [0.4, 0.5) is 30.2 Å². The number of rotatable bonds is 8. The lowest BCUT2D eigenvalue weighted by atomic mass is 9.83. The minimum atomic E-state index is -4.81. The maximum atomic E-state index is 14.2. The summed E-state index contributed by atoms with van der Waals surface area (Å²) in [5.41, 5.74) is 0.490. The van der Waals surface area contributed by atoms with Crippen molar-refractivity contribution in [1.29, 1.82) is 0 Å². The molecule has 7 rings (SSSR count). The van der Waals surface area contributed by atoms with Crippen molar-refractivity contribution in [3.8, 4) is 0 Å². The molecule has 0 radical (unpaired) electrons. The molecule has 50 heavy (non-hydrogen) atoms. The molecule has 1 aromatic heterocycles. The van der Waals surface area contributed by atoms with Crippen LogP contribution in [0.1, 0.15) is 35.8 Å². The van der Waals surface area contributed by atoms with E-state index in [0.717, 1.165) is 64.8 Å². The Morgan fingerprint density at radius 3 is 2.24 bits per heavy atom. The van der Waals surface area contributed by atoms with Crippen molar-refractivity contribution in [2.45, 2.75) is 42.8 Å². The standard InChI is InChI=1S/C37H31F3N4O4S2/c1-3-42(4-2)25-17-14-22(15-18-25)29-30-31(34(47)44(33(30)46)27-12-8-7-11-26(27)37(38,39)40)49-35-32(29)50-36(48)43(35)20-28(45)41-24-16-13-21-9-5-6-10-23(21)19-24/h5-19,29-31H,3-4,20H2,1-2H3,(H,41,45)/t29-,30-,31+/m0/s1. The van der Waals surface area contributed by atoms with Gasteiger partial charge in [-0.15, -0.1) is 0 Å². The van der Waals surface area contributed by atoms with E-state index in [4.69, 9.17) is 0 Å². The summed E-state index contributed by atoms with van der Waals surface area (Å²) in [7, 11) is 0. The highest BCUT2D eigenvalue weighted by Crippen LogP contribution is 2.54. The van der Waals surface area contributed by atoms with E-state index in [1.165, 1.54) is 16.7 Å². The van der Waals surface area contributed by atoms with Gasteiger partial charge in [0.2, 0.25) is 17.7 Å². The number of anilines is 3. The molecule has 1 N–H and O–H groups in total. The molecule has 256 valence electrons. The number of thioether (sulfide) groups is 1. The Morgan fingerprint density at radius 2 is 1.54 bits per heavy atom. The van der Waals surface area contributed by atoms with Crippen molar-refractivity contribution in [3.63, 3.8) is 0 Å². The minimum absolute atomic E-state index is 0.347. The summed E-state index contributed by atoms with van der Waals surface area (Å²) >= 11 is 1.83. The Balaban J connectivity index is 1.29. The molecule has 0 bridgehead atoms. The average Bonchev–Trinajstić information content (AvgIpc) is 3.54. The quantitative estimate of drug-likeness (QED) is 0.169. The van der Waals surface area contributed by atoms with Gasteiger partial charge >= 0.3 is 11.0 Å². The summed E-state index contributed by atoms with van der Waals surface area (Å²) in [6.07, 6.45) is -4.81. The number of amides is 3. The molecule has 0 spiro atoms. The third-order valence-corrected chi connectivity index (χ3v) is 11.8. The third-order valence-electron chi connectivity index (χ3n) is 9.22. The molecule has 8 nitrogen and oxygen atoms in total. The minimum Gasteiger partial charge on any atom is -0.372 e. The number of para-hydroxylation sites is 1. The van der Waals surface area contributed by atoms with E-state index in [9.17, 15) is 32.3 Å². The fourth-order valence-electron chi connectivity index (χ4n) is 6.85. The van der Waals surface area contributed by atoms with Gasteiger partial charge in [-0.2, -0.15) is 13.2 Å². The van der Waals surface area contributed by atoms with Crippen LogP contribution in [0, 0.1) is 5.92 Å². The van der Waals surface area contributed by atoms with Crippen LogP contribution in [-0.2, 0) is 27.1 Å². The van der Waals surface area contributed by atoms with Crippen LogP contribution in [0.15, 0.2) is 101 Å². The highest BCUT2D eigenvalue weighted by molar-refractivity contribution is 8.00. The lowest BCUT2D eigenvalue weighted by molar-refractivity contribution is -0.137. The zero-order valence-corrected chi connectivity index (χ0v) is 28.6. The number of hydrogen-bond donors (Lipinski definition) is 1. The molecule has 4 aromatic carbocycles. The summed E-state index contributed by atoms with van der Waals surface area (Å²) in [5, 5.41) is 3.98. The molecule has 0 saturated carbocycles. The number of nitrogens with zero attached hydrogens (tertiary/aromatic N) is 3. The predicted octanol–water partition coefficient (Wildman–Crippen LogP) is 7.36. The first-order valence-electron chi connectivity index (χ1n) is 16.1. The Morgan fingerprint density at radius 1 is 0.860 bits per heavy atom. The molecule has 1 fully saturated rings. The van der Waals surface area contributed by atoms with Gasteiger partial charge in [0.25, 0.3) is 0 Å². The second-order valence-corrected chi connectivity index (χ2v) is 14.2. The third kappa shape index (κ3) is 5.87. The molecule has 0 aliphatic carbocycles. The number of benzene rings is 4. The van der Waals surface area contributed by atoms with Crippen molar-refractivity contribution in [2.24, 2.45) is 5.92 Å². The molecule has 2 aliphatic rings. The van der Waals surface area contributed by atoms with Gasteiger partial charge in [-0.05, 0) is 66.6 Å². The summed E-state index contributed by atoms with van der Waals surface area (Å²) < 4.78 is 43.6. The number of nitrogens with one attached hydrogen (secondary N) is 1. The molecule has 3 heterocycles. The molecular weight excluding hydrogens is 686 g/mol. The van der Waals surface area contributed by atoms with E-state index in [1.807, 2.05) is 74.5 Å². The number of fused-ring (bicyclic) bond motifs is 3. The van der Waals surface area contributed by atoms with Crippen molar-refractivity contribution in [2.75, 3.05) is 28.2 Å². The molecule has 3 atom stereocenters. The highest BCUT2D eigenvalue weighted by Gasteiger charge is 2.57. The number of carbonyl (C=O) groups excluding carboxylic acids is 3. The topological polar surface area (TPSA) is 91.7 Å². The van der Waals surface area contributed by atoms with Crippen LogP contribution in [0.2, 0.25) is 0 Å². The first-order valence-corrected chi connectivity index (χ1v) is 17.8. The van der Waals surface area contributed by atoms with E-state index in [2.05, 4.69) is 10.2 Å². The fraction of sp³-hybridized carbons (Fsp3) is 0.243. The second kappa shape index (κ2) is 13.1. The normalized spacial score (nSPS) is 18.7. The van der Waals surface area contributed by atoms with E-state index in [-0.39, 0.29) is 6.54 Å². The molecule has 3 amide bonds. The predicted molar refractivity (Wildman–Crippen MR) is 190 cm³/mol. The SMILES string of the molecule is CCN(CC)c1ccc([C@@H]2c3sc(=O)n(CC(=O)Nc4ccc5ccccc5c4)c3S[C@H]3C(=O)N(c4ccccc4C(F)(F)F)C(=O)[C@@H]23)cc1. The van der Waals surface area contributed by atoms with Crippen molar-refractivity contribution < 1.29 is 27.6 Å². The van der Waals surface area contributed by atoms with Crippen LogP contribution in [0.5, 0.6) is 0 Å². The van der Waals surface area contributed by atoms with Crippen molar-refractivity contribution >= 4 is 68.7 Å². The van der Waals surface area contributed by atoms with Gasteiger partial charge < -0.3 is 10.2 Å². The van der Waals surface area contributed by atoms with Crippen molar-refractivity contribution in [3.05, 3.63) is 117 Å². The molecule has 13 heteroatoms. The van der Waals surface area contributed by atoms with Gasteiger partial charge in [0.1, 0.15) is 11.8 Å². The monoisotopic (exact) mass is 716 g/mol. The summed E-state index contributed by atoms with van der Waals surface area (Å²) in [5.74, 6) is -3.94. The molecule has 2 aliphatic heterocycles. The van der Waals surface area contributed by atoms with Crippen molar-refractivity contribution in [1.82, 2.24) is 4.57 Å². The van der Waals surface area contributed by atoms with Crippen LogP contribution in [0.25, 0.3) is 10.8 Å². The highest BCUT2D eigenvalue weighted by atomic mass is 32.2. The van der Waals surface area contributed by atoms with Crippen LogP contribution < -0.4 is 20.0 Å². The van der Waals surface area contributed by atoms with Gasteiger partial charge in [-0.25, -0.2) is 4.90 Å². The number of thiazole rings is 1. The van der Waals surface area contributed by atoms with Gasteiger partial charge in [0.05, 0.1) is 22.2 Å². The van der Waals surface area contributed by atoms with E-state index in [1.54, 1.807) is 6.07 Å². The lowest BCUT2D eigenvalue weighted by Crippen LogP contribution is -2.33. The number of aromatic nitrogens is 1. The van der Waals surface area contributed by atoms with Gasteiger partial charge in [0.15, 0.2) is 0 Å². The molecule has 0 unspecified atom stereocenters. The largest absolute Gasteiger partial charge is 0.418 e. The van der Waals surface area contributed by atoms with E-state index in [0.29, 0.717) is 26.1 Å². The van der Waals surface area contributed by atoms with Crippen LogP contribution >= 0.6 is 23.1 Å². The Labute approximate surface area is 293 Å². The van der Waals surface area contributed by atoms with E-state index >= 15 is 0 Å². The summed E-state index contributed by atoms with van der Waals surface area (Å²) in [4.78, 5) is 58.1. The number of imide groups is 1. The Bertz CT molecular complexity index is 2190. The first-order chi connectivity index (χ1) is 24.0. The van der Waals surface area contributed by atoms with E-state index < -0.39 is 57.1 Å². The number of alkyl halides is 3. The fourth-order valence-corrected chi connectivity index (χ4v) is 9.63. The maximum absolute atomic E-state index is 14.2. The number of carbonyl (C=O) groups is 3.